The van der Waals surface area contributed by atoms with Crippen molar-refractivity contribution in [1.82, 2.24) is 0 Å². The first kappa shape index (κ1) is 21.5. The predicted octanol–water partition coefficient (Wildman–Crippen LogP) is 6.81. The quantitative estimate of drug-likeness (QED) is 0.258. The Hall–Kier alpha value is -3.18. The van der Waals surface area contributed by atoms with E-state index in [4.69, 9.17) is 11.6 Å². The third-order valence-corrected chi connectivity index (χ3v) is 5.52. The minimum atomic E-state index is -0.587. The molecule has 0 amide bonds. The van der Waals surface area contributed by atoms with Crippen molar-refractivity contribution in [2.24, 2.45) is 4.99 Å². The number of phenols is 1. The molecule has 3 aromatic carbocycles. The summed E-state index contributed by atoms with van der Waals surface area (Å²) < 4.78 is 0. The molecule has 0 aliphatic rings. The lowest BCUT2D eigenvalue weighted by molar-refractivity contribution is -0.385. The molecular weight excluding hydrogens is 400 g/mol. The number of nitrogens with zero attached hydrogens (tertiary/aromatic N) is 2. The first-order chi connectivity index (χ1) is 14.4. The van der Waals surface area contributed by atoms with Crippen LogP contribution in [0.2, 0.25) is 5.02 Å². The van der Waals surface area contributed by atoms with Crippen LogP contribution in [0.1, 0.15) is 48.4 Å². The van der Waals surface area contributed by atoms with E-state index in [9.17, 15) is 15.2 Å². The summed E-state index contributed by atoms with van der Waals surface area (Å²) in [5, 5.41) is 22.5. The van der Waals surface area contributed by atoms with E-state index in [1.54, 1.807) is 12.1 Å². The molecule has 154 valence electrons. The third kappa shape index (κ3) is 4.86. The fourth-order valence-electron chi connectivity index (χ4n) is 3.28. The number of aliphatic imine (C=N–C) groups is 1. The van der Waals surface area contributed by atoms with Crippen LogP contribution in [0.5, 0.6) is 5.75 Å². The topological polar surface area (TPSA) is 75.7 Å². The van der Waals surface area contributed by atoms with Crippen molar-refractivity contribution in [1.29, 1.82) is 0 Å². The van der Waals surface area contributed by atoms with Crippen LogP contribution in [-0.4, -0.2) is 16.2 Å². The summed E-state index contributed by atoms with van der Waals surface area (Å²) in [6.07, 6.45) is 2.86. The van der Waals surface area contributed by atoms with Gasteiger partial charge in [-0.1, -0.05) is 61.8 Å². The van der Waals surface area contributed by atoms with E-state index >= 15 is 0 Å². The monoisotopic (exact) mass is 422 g/mol. The lowest BCUT2D eigenvalue weighted by Crippen LogP contribution is -1.98. The van der Waals surface area contributed by atoms with E-state index in [0.717, 1.165) is 23.2 Å². The zero-order valence-corrected chi connectivity index (χ0v) is 17.6. The van der Waals surface area contributed by atoms with Crippen molar-refractivity contribution in [2.75, 3.05) is 0 Å². The second-order valence-corrected chi connectivity index (χ2v) is 7.61. The first-order valence-electron chi connectivity index (χ1n) is 9.77. The van der Waals surface area contributed by atoms with Crippen molar-refractivity contribution < 1.29 is 10.0 Å². The maximum absolute atomic E-state index is 11.5. The van der Waals surface area contributed by atoms with Gasteiger partial charge in [0.25, 0.3) is 0 Å². The largest absolute Gasteiger partial charge is 0.502 e. The average molecular weight is 423 g/mol. The van der Waals surface area contributed by atoms with Gasteiger partial charge in [-0.15, -0.1) is 0 Å². The van der Waals surface area contributed by atoms with Gasteiger partial charge in [-0.25, -0.2) is 0 Å². The number of para-hydroxylation sites is 1. The second-order valence-electron chi connectivity index (χ2n) is 7.20. The van der Waals surface area contributed by atoms with Crippen molar-refractivity contribution in [3.05, 3.63) is 98.1 Å². The molecule has 6 heteroatoms. The van der Waals surface area contributed by atoms with E-state index in [1.165, 1.54) is 12.3 Å². The Morgan fingerprint density at radius 2 is 1.87 bits per heavy atom. The summed E-state index contributed by atoms with van der Waals surface area (Å²) in [6.45, 7) is 4.24. The van der Waals surface area contributed by atoms with Gasteiger partial charge < -0.3 is 5.11 Å². The van der Waals surface area contributed by atoms with Crippen LogP contribution >= 0.6 is 11.6 Å². The number of benzene rings is 3. The number of hydrogen-bond acceptors (Lipinski definition) is 4. The van der Waals surface area contributed by atoms with Crippen LogP contribution in [0, 0.1) is 10.1 Å². The molecule has 0 bridgehead atoms. The Kier molecular flexibility index (Phi) is 6.85. The molecule has 0 spiro atoms. The molecule has 0 unspecified atom stereocenters. The molecule has 0 saturated carbocycles. The van der Waals surface area contributed by atoms with Gasteiger partial charge in [0.15, 0.2) is 0 Å². The molecule has 3 aromatic rings. The van der Waals surface area contributed by atoms with Crippen molar-refractivity contribution >= 4 is 29.2 Å². The Balaban J connectivity index is 2.02. The molecule has 1 N–H and O–H groups in total. The number of halogens is 1. The lowest BCUT2D eigenvalue weighted by atomic mass is 9.97. The van der Waals surface area contributed by atoms with E-state index < -0.39 is 10.7 Å². The smallest absolute Gasteiger partial charge is 0.311 e. The number of rotatable bonds is 7. The average Bonchev–Trinajstić information content (AvgIpc) is 2.74. The fraction of sp³-hybridized carbons (Fsp3) is 0.208. The summed E-state index contributed by atoms with van der Waals surface area (Å²) in [5.74, 6) is -0.0690. The molecule has 0 aliphatic heterocycles. The molecule has 5 nitrogen and oxygen atoms in total. The van der Waals surface area contributed by atoms with Gasteiger partial charge in [0.2, 0.25) is 5.75 Å². The van der Waals surface area contributed by atoms with E-state index in [0.29, 0.717) is 28.5 Å². The highest BCUT2D eigenvalue weighted by Crippen LogP contribution is 2.33. The highest BCUT2D eigenvalue weighted by Gasteiger charge is 2.19. The molecule has 0 radical (unpaired) electrons. The molecule has 0 fully saturated rings. The Bertz CT molecular complexity index is 1100. The second kappa shape index (κ2) is 9.55. The van der Waals surface area contributed by atoms with Gasteiger partial charge in [0.1, 0.15) is 0 Å². The Labute approximate surface area is 180 Å². The zero-order chi connectivity index (χ0) is 21.7. The van der Waals surface area contributed by atoms with Gasteiger partial charge in [0, 0.05) is 22.9 Å². The molecule has 0 saturated heterocycles. The molecule has 0 aromatic heterocycles. The number of nitro benzene ring substituents is 1. The predicted molar refractivity (Wildman–Crippen MR) is 121 cm³/mol. The molecule has 30 heavy (non-hydrogen) atoms. The van der Waals surface area contributed by atoms with Crippen LogP contribution in [0.3, 0.4) is 0 Å². The fourth-order valence-corrected chi connectivity index (χ4v) is 3.49. The number of phenolic OH excluding ortho intramolecular Hbond substituents is 1. The summed E-state index contributed by atoms with van der Waals surface area (Å²) in [5.41, 5.74) is 3.35. The van der Waals surface area contributed by atoms with Crippen LogP contribution in [-0.2, 0) is 6.42 Å². The van der Waals surface area contributed by atoms with Crippen LogP contribution in [0.15, 0.2) is 65.7 Å². The highest BCUT2D eigenvalue weighted by atomic mass is 35.5. The van der Waals surface area contributed by atoms with Gasteiger partial charge in [-0.3, -0.25) is 15.1 Å². The van der Waals surface area contributed by atoms with Gasteiger partial charge in [0.05, 0.1) is 10.6 Å². The van der Waals surface area contributed by atoms with Gasteiger partial charge in [-0.05, 0) is 53.6 Å². The van der Waals surface area contributed by atoms with Gasteiger partial charge in [-0.2, -0.15) is 0 Å². The first-order valence-corrected chi connectivity index (χ1v) is 10.1. The van der Waals surface area contributed by atoms with Crippen LogP contribution < -0.4 is 0 Å². The molecule has 0 heterocycles. The molecule has 1 atom stereocenters. The SMILES string of the molecule is CC[C@H](C)c1ccccc1N=Cc1cc(Cc2ccccc2Cl)cc([N+](=O)[O-])c1O. The van der Waals surface area contributed by atoms with E-state index in [1.807, 2.05) is 42.5 Å². The third-order valence-electron chi connectivity index (χ3n) is 5.15. The van der Waals surface area contributed by atoms with Gasteiger partial charge >= 0.3 is 5.69 Å². The van der Waals surface area contributed by atoms with Crippen molar-refractivity contribution in [3.63, 3.8) is 0 Å². The Morgan fingerprint density at radius 1 is 1.17 bits per heavy atom. The van der Waals surface area contributed by atoms with Crippen molar-refractivity contribution in [2.45, 2.75) is 32.6 Å². The Morgan fingerprint density at radius 3 is 2.57 bits per heavy atom. The number of nitro groups is 1. The highest BCUT2D eigenvalue weighted by molar-refractivity contribution is 6.31. The number of aromatic hydroxyl groups is 1. The van der Waals surface area contributed by atoms with Crippen molar-refractivity contribution in [3.8, 4) is 5.75 Å². The zero-order valence-electron chi connectivity index (χ0n) is 16.9. The van der Waals surface area contributed by atoms with Crippen LogP contribution in [0.25, 0.3) is 0 Å². The molecule has 3 rings (SSSR count). The lowest BCUT2D eigenvalue weighted by Gasteiger charge is -2.12. The minimum absolute atomic E-state index is 0.296. The summed E-state index contributed by atoms with van der Waals surface area (Å²) in [6, 6.07) is 18.2. The minimum Gasteiger partial charge on any atom is -0.502 e. The van der Waals surface area contributed by atoms with E-state index in [2.05, 4.69) is 18.8 Å². The summed E-state index contributed by atoms with van der Waals surface area (Å²) in [4.78, 5) is 15.4. The standard InChI is InChI=1S/C24H23ClN2O3/c1-3-16(2)20-9-5-7-11-22(20)26-15-19-13-17(14-23(24(19)28)27(29)30)12-18-8-4-6-10-21(18)25/h4-11,13-16,28H,3,12H2,1-2H3/t16-/m0/s1. The normalized spacial score (nSPS) is 12.2. The molecular formula is C24H23ClN2O3. The maximum Gasteiger partial charge on any atom is 0.311 e. The van der Waals surface area contributed by atoms with E-state index in [-0.39, 0.29) is 5.69 Å². The summed E-state index contributed by atoms with van der Waals surface area (Å²) >= 11 is 6.24. The van der Waals surface area contributed by atoms with Crippen LogP contribution in [0.4, 0.5) is 11.4 Å². The molecule has 0 aliphatic carbocycles. The number of hydrogen-bond donors (Lipinski definition) is 1. The maximum atomic E-state index is 11.5. The summed E-state index contributed by atoms with van der Waals surface area (Å²) in [7, 11) is 0.